The van der Waals surface area contributed by atoms with E-state index in [1.54, 1.807) is 6.20 Å². The van der Waals surface area contributed by atoms with Crippen molar-refractivity contribution >= 4 is 11.6 Å². The molecule has 112 valence electrons. The van der Waals surface area contributed by atoms with Crippen LogP contribution in [0, 0.1) is 0 Å². The van der Waals surface area contributed by atoms with Gasteiger partial charge in [0.25, 0.3) is 0 Å². The fourth-order valence-electron chi connectivity index (χ4n) is 1.84. The van der Waals surface area contributed by atoms with E-state index in [9.17, 15) is 0 Å². The van der Waals surface area contributed by atoms with Crippen LogP contribution in [0.2, 0.25) is 5.02 Å². The van der Waals surface area contributed by atoms with E-state index < -0.39 is 0 Å². The maximum absolute atomic E-state index is 6.27. The Balaban J connectivity index is 2.10. The number of benzene rings is 1. The van der Waals surface area contributed by atoms with Gasteiger partial charge in [0.15, 0.2) is 0 Å². The molecular weight excluding hydrogens is 284 g/mol. The largest absolute Gasteiger partial charge is 0.485 e. The van der Waals surface area contributed by atoms with E-state index in [2.05, 4.69) is 31.1 Å². The summed E-state index contributed by atoms with van der Waals surface area (Å²) in [5.74, 6) is 0.724. The number of halogens is 1. The SMILES string of the molecule is CC(C)(C)NCc1cccc(Cl)c1OCc1ccccn1. The van der Waals surface area contributed by atoms with E-state index in [-0.39, 0.29) is 5.54 Å². The average Bonchev–Trinajstić information content (AvgIpc) is 2.44. The number of hydrogen-bond acceptors (Lipinski definition) is 3. The molecule has 1 aromatic carbocycles. The van der Waals surface area contributed by atoms with Gasteiger partial charge in [0, 0.05) is 23.8 Å². The average molecular weight is 305 g/mol. The minimum atomic E-state index is 0.0422. The van der Waals surface area contributed by atoms with Crippen LogP contribution < -0.4 is 10.1 Å². The number of hydrogen-bond donors (Lipinski definition) is 1. The summed E-state index contributed by atoms with van der Waals surface area (Å²) < 4.78 is 5.88. The van der Waals surface area contributed by atoms with E-state index in [0.29, 0.717) is 18.2 Å². The molecule has 2 rings (SSSR count). The molecule has 2 aromatic rings. The third kappa shape index (κ3) is 5.03. The summed E-state index contributed by atoms with van der Waals surface area (Å²) in [6, 6.07) is 11.6. The van der Waals surface area contributed by atoms with Gasteiger partial charge in [-0.25, -0.2) is 0 Å². The van der Waals surface area contributed by atoms with Gasteiger partial charge in [0.05, 0.1) is 10.7 Å². The van der Waals surface area contributed by atoms with Gasteiger partial charge < -0.3 is 10.1 Å². The van der Waals surface area contributed by atoms with Gasteiger partial charge in [-0.3, -0.25) is 4.98 Å². The number of para-hydroxylation sites is 1. The van der Waals surface area contributed by atoms with Crippen molar-refractivity contribution in [1.29, 1.82) is 0 Å². The Morgan fingerprint density at radius 1 is 1.14 bits per heavy atom. The monoisotopic (exact) mass is 304 g/mol. The summed E-state index contributed by atoms with van der Waals surface area (Å²) in [5, 5.41) is 4.07. The van der Waals surface area contributed by atoms with Crippen LogP contribution in [0.3, 0.4) is 0 Å². The van der Waals surface area contributed by atoms with Gasteiger partial charge in [-0.15, -0.1) is 0 Å². The quantitative estimate of drug-likeness (QED) is 0.899. The molecule has 0 aliphatic rings. The van der Waals surface area contributed by atoms with Crippen molar-refractivity contribution in [2.45, 2.75) is 39.5 Å². The molecule has 3 nitrogen and oxygen atoms in total. The first-order valence-corrected chi connectivity index (χ1v) is 7.38. The Kier molecular flexibility index (Phi) is 5.21. The van der Waals surface area contributed by atoms with Crippen LogP contribution in [0.5, 0.6) is 5.75 Å². The third-order valence-corrected chi connectivity index (χ3v) is 3.25. The molecule has 4 heteroatoms. The molecule has 0 aliphatic carbocycles. The molecule has 0 aliphatic heterocycles. The Labute approximate surface area is 131 Å². The molecule has 0 unspecified atom stereocenters. The smallest absolute Gasteiger partial charge is 0.142 e. The van der Waals surface area contributed by atoms with Crippen LogP contribution in [0.1, 0.15) is 32.0 Å². The van der Waals surface area contributed by atoms with Gasteiger partial charge in [-0.2, -0.15) is 0 Å². The molecule has 0 atom stereocenters. The van der Waals surface area contributed by atoms with Gasteiger partial charge in [0.2, 0.25) is 0 Å². The van der Waals surface area contributed by atoms with Gasteiger partial charge in [0.1, 0.15) is 12.4 Å². The van der Waals surface area contributed by atoms with E-state index in [1.807, 2.05) is 36.4 Å². The van der Waals surface area contributed by atoms with E-state index >= 15 is 0 Å². The summed E-state index contributed by atoms with van der Waals surface area (Å²) in [6.45, 7) is 7.51. The van der Waals surface area contributed by atoms with Crippen LogP contribution in [0.15, 0.2) is 42.6 Å². The molecule has 21 heavy (non-hydrogen) atoms. The van der Waals surface area contributed by atoms with Crippen LogP contribution >= 0.6 is 11.6 Å². The summed E-state index contributed by atoms with van der Waals surface area (Å²) in [5.41, 5.74) is 1.97. The summed E-state index contributed by atoms with van der Waals surface area (Å²) >= 11 is 6.27. The molecule has 0 bridgehead atoms. The number of nitrogens with zero attached hydrogens (tertiary/aromatic N) is 1. The molecule has 0 spiro atoms. The lowest BCUT2D eigenvalue weighted by atomic mass is 10.1. The molecule has 0 fully saturated rings. The molecule has 1 aromatic heterocycles. The van der Waals surface area contributed by atoms with Crippen molar-refractivity contribution < 1.29 is 4.74 Å². The number of rotatable bonds is 5. The molecule has 1 N–H and O–H groups in total. The van der Waals surface area contributed by atoms with Crippen molar-refractivity contribution in [3.05, 3.63) is 58.9 Å². The predicted molar refractivity (Wildman–Crippen MR) is 86.6 cm³/mol. The van der Waals surface area contributed by atoms with Crippen LogP contribution in [0.4, 0.5) is 0 Å². The minimum absolute atomic E-state index is 0.0422. The van der Waals surface area contributed by atoms with Crippen molar-refractivity contribution in [2.75, 3.05) is 0 Å². The normalized spacial score (nSPS) is 11.4. The fourth-order valence-corrected chi connectivity index (χ4v) is 2.09. The highest BCUT2D eigenvalue weighted by Gasteiger charge is 2.13. The molecule has 1 heterocycles. The van der Waals surface area contributed by atoms with Crippen LogP contribution in [-0.2, 0) is 13.2 Å². The fraction of sp³-hybridized carbons (Fsp3) is 0.353. The zero-order chi connectivity index (χ0) is 15.3. The van der Waals surface area contributed by atoms with Gasteiger partial charge in [-0.05, 0) is 39.0 Å². The highest BCUT2D eigenvalue weighted by Crippen LogP contribution is 2.29. The lowest BCUT2D eigenvalue weighted by Gasteiger charge is -2.22. The number of aromatic nitrogens is 1. The number of nitrogens with one attached hydrogen (secondary N) is 1. The number of pyridine rings is 1. The third-order valence-electron chi connectivity index (χ3n) is 2.95. The highest BCUT2D eigenvalue weighted by atomic mass is 35.5. The van der Waals surface area contributed by atoms with E-state index in [0.717, 1.165) is 17.0 Å². The minimum Gasteiger partial charge on any atom is -0.485 e. The maximum atomic E-state index is 6.27. The Morgan fingerprint density at radius 2 is 1.95 bits per heavy atom. The lowest BCUT2D eigenvalue weighted by molar-refractivity contribution is 0.295. The summed E-state index contributed by atoms with van der Waals surface area (Å²) in [7, 11) is 0. The Hall–Kier alpha value is -1.58. The first-order chi connectivity index (χ1) is 9.96. The zero-order valence-electron chi connectivity index (χ0n) is 12.7. The molecule has 0 saturated heterocycles. The van der Waals surface area contributed by atoms with Crippen molar-refractivity contribution in [2.24, 2.45) is 0 Å². The Bertz CT molecular complexity index is 579. The molecule has 0 amide bonds. The second kappa shape index (κ2) is 6.92. The van der Waals surface area contributed by atoms with Crippen molar-refractivity contribution in [3.8, 4) is 5.75 Å². The standard InChI is InChI=1S/C17H21ClN2O/c1-17(2,3)20-11-13-7-6-9-15(18)16(13)21-12-14-8-4-5-10-19-14/h4-10,20H,11-12H2,1-3H3. The van der Waals surface area contributed by atoms with Gasteiger partial charge >= 0.3 is 0 Å². The molecular formula is C17H21ClN2O. The van der Waals surface area contributed by atoms with E-state index in [4.69, 9.17) is 16.3 Å². The van der Waals surface area contributed by atoms with E-state index in [1.165, 1.54) is 0 Å². The lowest BCUT2D eigenvalue weighted by Crippen LogP contribution is -2.35. The maximum Gasteiger partial charge on any atom is 0.142 e. The second-order valence-corrected chi connectivity index (χ2v) is 6.35. The van der Waals surface area contributed by atoms with Crippen molar-refractivity contribution in [3.63, 3.8) is 0 Å². The van der Waals surface area contributed by atoms with Gasteiger partial charge in [-0.1, -0.05) is 29.8 Å². The second-order valence-electron chi connectivity index (χ2n) is 5.94. The summed E-state index contributed by atoms with van der Waals surface area (Å²) in [4.78, 5) is 4.25. The number of ether oxygens (including phenoxy) is 1. The van der Waals surface area contributed by atoms with Crippen molar-refractivity contribution in [1.82, 2.24) is 10.3 Å². The first kappa shape index (κ1) is 15.8. The molecule has 0 radical (unpaired) electrons. The first-order valence-electron chi connectivity index (χ1n) is 7.01. The Morgan fingerprint density at radius 3 is 2.62 bits per heavy atom. The van der Waals surface area contributed by atoms with Crippen LogP contribution in [-0.4, -0.2) is 10.5 Å². The highest BCUT2D eigenvalue weighted by molar-refractivity contribution is 6.32. The zero-order valence-corrected chi connectivity index (χ0v) is 13.4. The predicted octanol–water partition coefficient (Wildman–Crippen LogP) is 4.20. The topological polar surface area (TPSA) is 34.1 Å². The van der Waals surface area contributed by atoms with Crippen LogP contribution in [0.25, 0.3) is 0 Å². The summed E-state index contributed by atoms with van der Waals surface area (Å²) in [6.07, 6.45) is 1.76. The molecule has 0 saturated carbocycles.